The molecule has 208 valence electrons. The van der Waals surface area contributed by atoms with E-state index in [1.165, 1.54) is 0 Å². The summed E-state index contributed by atoms with van der Waals surface area (Å²) in [5.74, 6) is -0.456. The van der Waals surface area contributed by atoms with Crippen LogP contribution in [0.15, 0.2) is 66.7 Å². The first kappa shape index (κ1) is 26.7. The number of H-pyrrole nitrogens is 1. The highest BCUT2D eigenvalue weighted by Gasteiger charge is 2.25. The summed E-state index contributed by atoms with van der Waals surface area (Å²) in [5, 5.41) is 2.02. The standard InChI is InChI=1S/C34H35N5O2/c1-21-7-6-8-22(2)28(21)30-29-25-9-4-5-10-26(25)36-31(29)27(37-32(30)33(35)40)16-13-23-11-14-24(15-12-23)34(41)39-19-17-38(3)18-20-39/h4-12,14-15,36H,13,16-20H2,1-3H3,(H2,35,40). The third-order valence-electron chi connectivity index (χ3n) is 8.33. The van der Waals surface area contributed by atoms with Gasteiger partial charge < -0.3 is 20.5 Å². The van der Waals surface area contributed by atoms with Crippen LogP contribution in [0.4, 0.5) is 0 Å². The van der Waals surface area contributed by atoms with Gasteiger partial charge in [0.05, 0.1) is 11.2 Å². The van der Waals surface area contributed by atoms with Crippen molar-refractivity contribution < 1.29 is 9.59 Å². The normalized spacial score (nSPS) is 14.2. The highest BCUT2D eigenvalue weighted by atomic mass is 16.2. The van der Waals surface area contributed by atoms with Crippen LogP contribution >= 0.6 is 0 Å². The number of hydrogen-bond acceptors (Lipinski definition) is 4. The number of aryl methyl sites for hydroxylation is 4. The molecular formula is C34H35N5O2. The average molecular weight is 546 g/mol. The van der Waals surface area contributed by atoms with Crippen molar-refractivity contribution in [1.29, 1.82) is 0 Å². The Morgan fingerprint density at radius 2 is 1.54 bits per heavy atom. The van der Waals surface area contributed by atoms with Crippen molar-refractivity contribution in [3.8, 4) is 11.1 Å². The molecule has 2 aromatic heterocycles. The van der Waals surface area contributed by atoms with Crippen molar-refractivity contribution in [2.24, 2.45) is 5.73 Å². The Balaban J connectivity index is 1.37. The van der Waals surface area contributed by atoms with Crippen molar-refractivity contribution in [3.63, 3.8) is 0 Å². The Morgan fingerprint density at radius 1 is 0.854 bits per heavy atom. The van der Waals surface area contributed by atoms with E-state index in [1.54, 1.807) is 0 Å². The summed E-state index contributed by atoms with van der Waals surface area (Å²) < 4.78 is 0. The molecule has 0 atom stereocenters. The molecule has 0 bridgehead atoms. The van der Waals surface area contributed by atoms with Gasteiger partial charge in [0.2, 0.25) is 0 Å². The van der Waals surface area contributed by atoms with Crippen LogP contribution in [0.1, 0.15) is 43.2 Å². The molecule has 0 aliphatic carbocycles. The van der Waals surface area contributed by atoms with Gasteiger partial charge in [0.15, 0.2) is 0 Å². The molecule has 7 heteroatoms. The van der Waals surface area contributed by atoms with Crippen LogP contribution in [-0.2, 0) is 12.8 Å². The molecule has 1 aliphatic heterocycles. The maximum absolute atomic E-state index is 13.0. The Kier molecular flexibility index (Phi) is 7.05. The third kappa shape index (κ3) is 4.98. The molecule has 3 heterocycles. The number of carbonyl (C=O) groups excluding carboxylic acids is 2. The lowest BCUT2D eigenvalue weighted by molar-refractivity contribution is 0.0664. The molecule has 7 nitrogen and oxygen atoms in total. The molecule has 0 unspecified atom stereocenters. The van der Waals surface area contributed by atoms with Crippen molar-refractivity contribution in [1.82, 2.24) is 19.8 Å². The largest absolute Gasteiger partial charge is 0.364 e. The van der Waals surface area contributed by atoms with E-state index >= 15 is 0 Å². The molecule has 3 aromatic carbocycles. The maximum atomic E-state index is 13.0. The van der Waals surface area contributed by atoms with E-state index in [2.05, 4.69) is 49.0 Å². The molecule has 0 saturated carbocycles. The molecule has 0 spiro atoms. The van der Waals surface area contributed by atoms with Crippen LogP contribution in [0.25, 0.3) is 32.9 Å². The van der Waals surface area contributed by atoms with Crippen molar-refractivity contribution in [2.75, 3.05) is 33.2 Å². The predicted octanol–water partition coefficient (Wildman–Crippen LogP) is 5.27. The van der Waals surface area contributed by atoms with Gasteiger partial charge in [0.25, 0.3) is 11.8 Å². The number of primary amides is 1. The van der Waals surface area contributed by atoms with E-state index in [9.17, 15) is 9.59 Å². The highest BCUT2D eigenvalue weighted by Crippen LogP contribution is 2.40. The van der Waals surface area contributed by atoms with Crippen LogP contribution in [0.3, 0.4) is 0 Å². The zero-order valence-corrected chi connectivity index (χ0v) is 23.8. The molecule has 1 aliphatic rings. The minimum Gasteiger partial charge on any atom is -0.364 e. The van der Waals surface area contributed by atoms with Gasteiger partial charge in [-0.1, -0.05) is 48.5 Å². The van der Waals surface area contributed by atoms with E-state index in [1.807, 2.05) is 53.4 Å². The van der Waals surface area contributed by atoms with E-state index < -0.39 is 5.91 Å². The zero-order chi connectivity index (χ0) is 28.7. The number of aromatic amines is 1. The Bertz CT molecular complexity index is 1760. The van der Waals surface area contributed by atoms with Gasteiger partial charge in [-0.15, -0.1) is 0 Å². The lowest BCUT2D eigenvalue weighted by atomic mass is 9.90. The Morgan fingerprint density at radius 3 is 2.22 bits per heavy atom. The fourth-order valence-electron chi connectivity index (χ4n) is 6.06. The molecule has 6 rings (SSSR count). The summed E-state index contributed by atoms with van der Waals surface area (Å²) in [7, 11) is 2.08. The van der Waals surface area contributed by atoms with Crippen LogP contribution in [0.5, 0.6) is 0 Å². The number of nitrogens with one attached hydrogen (secondary N) is 1. The number of amides is 2. The van der Waals surface area contributed by atoms with Crippen molar-refractivity contribution in [3.05, 3.63) is 100 Å². The number of likely N-dealkylation sites (N-methyl/N-ethyl adjacent to an activating group) is 1. The van der Waals surface area contributed by atoms with Crippen LogP contribution in [0.2, 0.25) is 0 Å². The minimum absolute atomic E-state index is 0.0827. The van der Waals surface area contributed by atoms with Gasteiger partial charge in [-0.3, -0.25) is 9.59 Å². The maximum Gasteiger partial charge on any atom is 0.267 e. The van der Waals surface area contributed by atoms with Gasteiger partial charge >= 0.3 is 0 Å². The number of rotatable bonds is 6. The minimum atomic E-state index is -0.539. The topological polar surface area (TPSA) is 95.3 Å². The van der Waals surface area contributed by atoms with Crippen LogP contribution in [0, 0.1) is 13.8 Å². The molecule has 41 heavy (non-hydrogen) atoms. The molecule has 5 aromatic rings. The van der Waals surface area contributed by atoms with Gasteiger partial charge in [0, 0.05) is 53.6 Å². The number of piperazine rings is 1. The lowest BCUT2D eigenvalue weighted by Gasteiger charge is -2.32. The average Bonchev–Trinajstić information content (AvgIpc) is 3.36. The smallest absolute Gasteiger partial charge is 0.267 e. The van der Waals surface area contributed by atoms with E-state index in [4.69, 9.17) is 10.7 Å². The van der Waals surface area contributed by atoms with Crippen LogP contribution in [-0.4, -0.2) is 64.8 Å². The van der Waals surface area contributed by atoms with Crippen molar-refractivity contribution in [2.45, 2.75) is 26.7 Å². The Labute approximate surface area is 240 Å². The number of pyridine rings is 1. The monoisotopic (exact) mass is 545 g/mol. The quantitative estimate of drug-likeness (QED) is 0.304. The SMILES string of the molecule is Cc1cccc(C)c1-c1c(C(N)=O)nc(CCc2ccc(C(=O)N3CCN(C)CC3)cc2)c2[nH]c3ccccc3c12. The number of nitrogens with zero attached hydrogens (tertiary/aromatic N) is 3. The number of fused-ring (bicyclic) bond motifs is 3. The number of hydrogen-bond donors (Lipinski definition) is 2. The predicted molar refractivity (Wildman–Crippen MR) is 164 cm³/mol. The lowest BCUT2D eigenvalue weighted by Crippen LogP contribution is -2.47. The summed E-state index contributed by atoms with van der Waals surface area (Å²) in [6, 6.07) is 22.2. The number of benzene rings is 3. The van der Waals surface area contributed by atoms with Crippen LogP contribution < -0.4 is 5.73 Å². The van der Waals surface area contributed by atoms with E-state index in [0.717, 1.165) is 81.5 Å². The summed E-state index contributed by atoms with van der Waals surface area (Å²) >= 11 is 0. The Hall–Kier alpha value is -4.49. The van der Waals surface area contributed by atoms with E-state index in [0.29, 0.717) is 24.1 Å². The van der Waals surface area contributed by atoms with Gasteiger partial charge in [0.1, 0.15) is 5.69 Å². The van der Waals surface area contributed by atoms with Crippen molar-refractivity contribution >= 4 is 33.6 Å². The first-order valence-electron chi connectivity index (χ1n) is 14.2. The van der Waals surface area contributed by atoms with E-state index in [-0.39, 0.29) is 5.91 Å². The first-order chi connectivity index (χ1) is 19.8. The molecule has 1 saturated heterocycles. The second-order valence-electron chi connectivity index (χ2n) is 11.1. The van der Waals surface area contributed by atoms with Gasteiger partial charge in [-0.05, 0) is 74.2 Å². The highest BCUT2D eigenvalue weighted by molar-refractivity contribution is 6.19. The molecule has 0 radical (unpaired) electrons. The second-order valence-corrected chi connectivity index (χ2v) is 11.1. The third-order valence-corrected chi connectivity index (χ3v) is 8.33. The fourth-order valence-corrected chi connectivity index (χ4v) is 6.06. The number of para-hydroxylation sites is 1. The number of carbonyl (C=O) groups is 2. The second kappa shape index (κ2) is 10.8. The fraction of sp³-hybridized carbons (Fsp3) is 0.265. The summed E-state index contributed by atoms with van der Waals surface area (Å²) in [6.07, 6.45) is 1.32. The molecule has 3 N–H and O–H groups in total. The molecular weight excluding hydrogens is 510 g/mol. The van der Waals surface area contributed by atoms with Gasteiger partial charge in [-0.25, -0.2) is 4.98 Å². The van der Waals surface area contributed by atoms with Gasteiger partial charge in [-0.2, -0.15) is 0 Å². The zero-order valence-electron chi connectivity index (χ0n) is 23.8. The number of nitrogens with two attached hydrogens (primary N) is 1. The summed E-state index contributed by atoms with van der Waals surface area (Å²) in [5.41, 5.74) is 14.7. The summed E-state index contributed by atoms with van der Waals surface area (Å²) in [6.45, 7) is 7.41. The molecule has 1 fully saturated rings. The number of aromatic nitrogens is 2. The molecule has 2 amide bonds. The summed E-state index contributed by atoms with van der Waals surface area (Å²) in [4.78, 5) is 38.6. The first-order valence-corrected chi connectivity index (χ1v) is 14.2.